The van der Waals surface area contributed by atoms with Crippen molar-refractivity contribution in [1.82, 2.24) is 0 Å². The molecule has 0 bridgehead atoms. The van der Waals surface area contributed by atoms with Gasteiger partial charge in [-0.2, -0.15) is 0 Å². The molecule has 0 fully saturated rings. The molecule has 0 aromatic heterocycles. The van der Waals surface area contributed by atoms with Crippen LogP contribution in [0.25, 0.3) is 0 Å². The molecule has 2 aromatic carbocycles. The zero-order valence-corrected chi connectivity index (χ0v) is 18.4. The summed E-state index contributed by atoms with van der Waals surface area (Å²) in [5.41, 5.74) is 3.13. The second-order valence-corrected chi connectivity index (χ2v) is 8.56. The lowest BCUT2D eigenvalue weighted by molar-refractivity contribution is 0.248. The molecule has 26 heavy (non-hydrogen) atoms. The summed E-state index contributed by atoms with van der Waals surface area (Å²) < 4.78 is 12.5. The van der Waals surface area contributed by atoms with E-state index in [1.54, 1.807) is 0 Å². The third-order valence-electron chi connectivity index (χ3n) is 4.78. The zero-order valence-electron chi connectivity index (χ0n) is 18.4. The first kappa shape index (κ1) is 24.4. The fourth-order valence-corrected chi connectivity index (χ4v) is 2.28. The number of rotatable bonds is 3. The average Bonchev–Trinajstić information content (AvgIpc) is 2.57. The fourth-order valence-electron chi connectivity index (χ4n) is 2.28. The SMILES string of the molecule is CC.CC(C)(C)c1ccc(F)cc1.CC(C)C(C)(C)Cc1ccccc1. The van der Waals surface area contributed by atoms with Crippen LogP contribution in [0.1, 0.15) is 73.4 Å². The Labute approximate surface area is 161 Å². The highest BCUT2D eigenvalue weighted by Crippen LogP contribution is 2.30. The van der Waals surface area contributed by atoms with Gasteiger partial charge in [-0.25, -0.2) is 4.39 Å². The quantitative estimate of drug-likeness (QED) is 0.520. The molecule has 1 heteroatoms. The third kappa shape index (κ3) is 9.17. The molecule has 0 unspecified atom stereocenters. The highest BCUT2D eigenvalue weighted by molar-refractivity contribution is 5.23. The average molecular weight is 359 g/mol. The summed E-state index contributed by atoms with van der Waals surface area (Å²) in [6, 6.07) is 17.4. The minimum absolute atomic E-state index is 0.119. The Kier molecular flexibility index (Phi) is 10.5. The van der Waals surface area contributed by atoms with Crippen molar-refractivity contribution in [3.05, 3.63) is 71.5 Å². The lowest BCUT2D eigenvalue weighted by atomic mass is 9.76. The normalized spacial score (nSPS) is 11.2. The highest BCUT2D eigenvalue weighted by atomic mass is 19.1. The number of hydrogen-bond donors (Lipinski definition) is 0. The van der Waals surface area contributed by atoms with Gasteiger partial charge in [-0.15, -0.1) is 0 Å². The van der Waals surface area contributed by atoms with Gasteiger partial charge in [0.05, 0.1) is 0 Å². The van der Waals surface area contributed by atoms with Crippen LogP contribution >= 0.6 is 0 Å². The highest BCUT2D eigenvalue weighted by Gasteiger charge is 2.22. The van der Waals surface area contributed by atoms with Crippen molar-refractivity contribution in [2.45, 2.75) is 74.1 Å². The molecule has 0 aliphatic heterocycles. The molecule has 0 nitrogen and oxygen atoms in total. The van der Waals surface area contributed by atoms with Crippen molar-refractivity contribution < 1.29 is 4.39 Å². The van der Waals surface area contributed by atoms with Crippen molar-refractivity contribution in [3.63, 3.8) is 0 Å². The van der Waals surface area contributed by atoms with Crippen LogP contribution in [-0.4, -0.2) is 0 Å². The van der Waals surface area contributed by atoms with Gasteiger partial charge in [-0.05, 0) is 46.4 Å². The van der Waals surface area contributed by atoms with Crippen molar-refractivity contribution in [1.29, 1.82) is 0 Å². The van der Waals surface area contributed by atoms with Gasteiger partial charge in [-0.1, -0.05) is 105 Å². The molecule has 0 aliphatic rings. The van der Waals surface area contributed by atoms with Crippen molar-refractivity contribution >= 4 is 0 Å². The van der Waals surface area contributed by atoms with Gasteiger partial charge in [0.2, 0.25) is 0 Å². The lowest BCUT2D eigenvalue weighted by Crippen LogP contribution is -2.21. The summed E-state index contributed by atoms with van der Waals surface area (Å²) in [7, 11) is 0. The van der Waals surface area contributed by atoms with Crippen LogP contribution in [0.15, 0.2) is 54.6 Å². The summed E-state index contributed by atoms with van der Waals surface area (Å²) in [6.07, 6.45) is 1.17. The van der Waals surface area contributed by atoms with Crippen molar-refractivity contribution in [2.24, 2.45) is 11.3 Å². The van der Waals surface area contributed by atoms with Crippen LogP contribution in [0.4, 0.5) is 4.39 Å². The maximum atomic E-state index is 12.5. The van der Waals surface area contributed by atoms with Gasteiger partial charge in [0, 0.05) is 0 Å². The van der Waals surface area contributed by atoms with Crippen LogP contribution in [0, 0.1) is 17.2 Å². The molecular weight excluding hydrogens is 319 g/mol. The van der Waals surface area contributed by atoms with Gasteiger partial charge < -0.3 is 0 Å². The van der Waals surface area contributed by atoms with E-state index in [1.165, 1.54) is 29.7 Å². The maximum absolute atomic E-state index is 12.5. The number of halogens is 1. The van der Waals surface area contributed by atoms with Gasteiger partial charge in [0.1, 0.15) is 5.82 Å². The molecular formula is C25H39F. The second kappa shape index (κ2) is 11.2. The molecule has 0 radical (unpaired) electrons. The molecule has 0 spiro atoms. The van der Waals surface area contributed by atoms with E-state index in [0.29, 0.717) is 5.41 Å². The Morgan fingerprint density at radius 3 is 1.62 bits per heavy atom. The summed E-state index contributed by atoms with van der Waals surface area (Å²) in [4.78, 5) is 0. The Morgan fingerprint density at radius 2 is 1.23 bits per heavy atom. The van der Waals surface area contributed by atoms with Gasteiger partial charge >= 0.3 is 0 Å². The Bertz CT molecular complexity index is 586. The molecule has 0 saturated carbocycles. The molecule has 2 aromatic rings. The lowest BCUT2D eigenvalue weighted by Gasteiger charge is -2.29. The smallest absolute Gasteiger partial charge is 0.123 e. The second-order valence-electron chi connectivity index (χ2n) is 8.56. The molecule has 2 rings (SSSR count). The molecule has 0 saturated heterocycles. The van der Waals surface area contributed by atoms with Gasteiger partial charge in [-0.3, -0.25) is 0 Å². The Morgan fingerprint density at radius 1 is 0.769 bits per heavy atom. The van der Waals surface area contributed by atoms with E-state index in [2.05, 4.69) is 78.8 Å². The molecule has 0 N–H and O–H groups in total. The first-order valence-corrected chi connectivity index (χ1v) is 9.82. The van der Waals surface area contributed by atoms with Gasteiger partial charge in [0.25, 0.3) is 0 Å². The standard InChI is InChI=1S/C13H20.C10H13F.C2H6/c1-11(2)13(3,4)10-12-8-6-5-7-9-12;1-10(2,3)8-4-6-9(11)7-5-8;1-2/h5-9,11H,10H2,1-4H3;4-7H,1-3H3;1-2H3. The zero-order chi connectivity index (χ0) is 20.4. The first-order valence-electron chi connectivity index (χ1n) is 9.82. The molecule has 0 aliphatic carbocycles. The van der Waals surface area contributed by atoms with Gasteiger partial charge in [0.15, 0.2) is 0 Å². The summed E-state index contributed by atoms with van der Waals surface area (Å²) >= 11 is 0. The van der Waals surface area contributed by atoms with Crippen LogP contribution in [0.5, 0.6) is 0 Å². The largest absolute Gasteiger partial charge is 0.207 e. The van der Waals surface area contributed by atoms with Crippen molar-refractivity contribution in [3.8, 4) is 0 Å². The predicted molar refractivity (Wildman–Crippen MR) is 115 cm³/mol. The molecule has 0 heterocycles. The summed E-state index contributed by atoms with van der Waals surface area (Å²) in [5, 5.41) is 0. The predicted octanol–water partition coefficient (Wildman–Crippen LogP) is 8.06. The van der Waals surface area contributed by atoms with Crippen LogP contribution in [0.3, 0.4) is 0 Å². The minimum Gasteiger partial charge on any atom is -0.207 e. The van der Waals surface area contributed by atoms with E-state index in [1.807, 2.05) is 26.0 Å². The monoisotopic (exact) mass is 358 g/mol. The van der Waals surface area contributed by atoms with E-state index in [-0.39, 0.29) is 11.2 Å². The van der Waals surface area contributed by atoms with Crippen LogP contribution in [-0.2, 0) is 11.8 Å². The van der Waals surface area contributed by atoms with Crippen LogP contribution in [0.2, 0.25) is 0 Å². The molecule has 146 valence electrons. The number of hydrogen-bond acceptors (Lipinski definition) is 0. The maximum Gasteiger partial charge on any atom is 0.123 e. The van der Waals surface area contributed by atoms with Crippen LogP contribution < -0.4 is 0 Å². The van der Waals surface area contributed by atoms with E-state index in [4.69, 9.17) is 0 Å². The van der Waals surface area contributed by atoms with E-state index < -0.39 is 0 Å². The minimum atomic E-state index is -0.169. The van der Waals surface area contributed by atoms with E-state index in [9.17, 15) is 4.39 Å². The van der Waals surface area contributed by atoms with E-state index >= 15 is 0 Å². The summed E-state index contributed by atoms with van der Waals surface area (Å²) in [5.74, 6) is 0.561. The molecule has 0 amide bonds. The Hall–Kier alpha value is -1.63. The third-order valence-corrected chi connectivity index (χ3v) is 4.78. The Balaban J connectivity index is 0.000000444. The molecule has 0 atom stereocenters. The number of benzene rings is 2. The fraction of sp³-hybridized carbons (Fsp3) is 0.520. The first-order chi connectivity index (χ1) is 12.0. The van der Waals surface area contributed by atoms with E-state index in [0.717, 1.165) is 5.92 Å². The van der Waals surface area contributed by atoms with Crippen molar-refractivity contribution in [2.75, 3.05) is 0 Å². The topological polar surface area (TPSA) is 0 Å². The summed E-state index contributed by atoms with van der Waals surface area (Å²) in [6.45, 7) is 19.6.